The Morgan fingerprint density at radius 2 is 2.04 bits per heavy atom. The first-order chi connectivity index (χ1) is 11.5. The Morgan fingerprint density at radius 3 is 2.79 bits per heavy atom. The van der Waals surface area contributed by atoms with Crippen molar-refractivity contribution in [3.63, 3.8) is 0 Å². The lowest BCUT2D eigenvalue weighted by Crippen LogP contribution is -2.32. The maximum atomic E-state index is 12.3. The third-order valence-electron chi connectivity index (χ3n) is 3.78. The molecule has 0 bridgehead atoms. The second-order valence-corrected chi connectivity index (χ2v) is 5.43. The number of carbonyl (C=O) groups is 2. The number of hydrogen-bond acceptors (Lipinski definition) is 4. The Labute approximate surface area is 137 Å². The van der Waals surface area contributed by atoms with E-state index in [1.54, 1.807) is 18.2 Å². The average molecular weight is 323 g/mol. The normalized spacial score (nSPS) is 20.8. The van der Waals surface area contributed by atoms with Crippen LogP contribution in [0.2, 0.25) is 0 Å². The first-order valence-electron chi connectivity index (χ1n) is 7.21. The highest BCUT2D eigenvalue weighted by Gasteiger charge is 2.24. The Kier molecular flexibility index (Phi) is 3.91. The van der Waals surface area contributed by atoms with Gasteiger partial charge in [0, 0.05) is 23.8 Å². The van der Waals surface area contributed by atoms with Gasteiger partial charge in [-0.1, -0.05) is 23.8 Å². The Hall–Kier alpha value is -3.35. The van der Waals surface area contributed by atoms with Gasteiger partial charge in [0.25, 0.3) is 11.6 Å². The van der Waals surface area contributed by atoms with Gasteiger partial charge in [-0.05, 0) is 25.1 Å². The van der Waals surface area contributed by atoms with Crippen molar-refractivity contribution < 1.29 is 14.5 Å². The molecule has 0 radical (unpaired) electrons. The van der Waals surface area contributed by atoms with Gasteiger partial charge in [0.1, 0.15) is 5.56 Å². The zero-order valence-electron chi connectivity index (χ0n) is 12.7. The third kappa shape index (κ3) is 2.91. The summed E-state index contributed by atoms with van der Waals surface area (Å²) in [5.41, 5.74) is 1.50. The number of hydrogen-bond donors (Lipinski definition) is 1. The molecular weight excluding hydrogens is 310 g/mol. The van der Waals surface area contributed by atoms with Crippen molar-refractivity contribution in [1.82, 2.24) is 5.32 Å². The topological polar surface area (TPSA) is 102 Å². The van der Waals surface area contributed by atoms with E-state index in [1.807, 2.05) is 13.0 Å². The minimum absolute atomic E-state index is 0.0530. The summed E-state index contributed by atoms with van der Waals surface area (Å²) in [6.45, 7) is 1.85. The number of benzene rings is 1. The monoisotopic (exact) mass is 323 g/mol. The molecule has 1 aliphatic heterocycles. The number of aliphatic imine (C=N–C) groups is 1. The van der Waals surface area contributed by atoms with Gasteiger partial charge in [0.15, 0.2) is 0 Å². The first kappa shape index (κ1) is 15.5. The molecule has 7 heteroatoms. The van der Waals surface area contributed by atoms with Gasteiger partial charge in [-0.3, -0.25) is 19.7 Å². The van der Waals surface area contributed by atoms with Gasteiger partial charge in [-0.25, -0.2) is 4.99 Å². The summed E-state index contributed by atoms with van der Waals surface area (Å²) in [5, 5.41) is 13.7. The standard InChI is InChI=1S/C17H13N3O4/c1-10-8-16(21)19-14-9-11(6-7-12(10)14)18-17(22)13-4-2-3-5-15(13)20(23)24/h2-9,12H,1H3,(H,19,21). The summed E-state index contributed by atoms with van der Waals surface area (Å²) < 4.78 is 0. The van der Waals surface area contributed by atoms with Crippen molar-refractivity contribution in [2.75, 3.05) is 0 Å². The number of para-hydroxylation sites is 1. The molecular formula is C17H13N3O4. The maximum Gasteiger partial charge on any atom is 0.284 e. The van der Waals surface area contributed by atoms with Crippen LogP contribution in [0.25, 0.3) is 0 Å². The van der Waals surface area contributed by atoms with Crippen LogP contribution in [0.1, 0.15) is 17.3 Å². The molecule has 2 aliphatic rings. The molecule has 0 spiro atoms. The zero-order chi connectivity index (χ0) is 17.3. The van der Waals surface area contributed by atoms with Crippen LogP contribution in [0.4, 0.5) is 5.69 Å². The van der Waals surface area contributed by atoms with Crippen LogP contribution in [0.5, 0.6) is 0 Å². The van der Waals surface area contributed by atoms with Crippen molar-refractivity contribution in [3.05, 3.63) is 75.5 Å². The molecule has 1 heterocycles. The second kappa shape index (κ2) is 6.04. The molecule has 120 valence electrons. The molecule has 1 atom stereocenters. The fourth-order valence-electron chi connectivity index (χ4n) is 2.64. The lowest BCUT2D eigenvalue weighted by molar-refractivity contribution is -0.385. The first-order valence-corrected chi connectivity index (χ1v) is 7.21. The molecule has 7 nitrogen and oxygen atoms in total. The van der Waals surface area contributed by atoms with Crippen LogP contribution in [-0.4, -0.2) is 22.4 Å². The van der Waals surface area contributed by atoms with E-state index in [1.165, 1.54) is 24.3 Å². The number of allylic oxidation sites excluding steroid dienone is 3. The summed E-state index contributed by atoms with van der Waals surface area (Å²) >= 11 is 0. The molecule has 1 unspecified atom stereocenters. The largest absolute Gasteiger partial charge is 0.325 e. The molecule has 24 heavy (non-hydrogen) atoms. The minimum atomic E-state index is -0.702. The van der Waals surface area contributed by atoms with Crippen molar-refractivity contribution in [2.24, 2.45) is 10.9 Å². The molecule has 1 aromatic rings. The molecule has 0 aromatic heterocycles. The van der Waals surface area contributed by atoms with Crippen LogP contribution >= 0.6 is 0 Å². The number of carbonyl (C=O) groups excluding carboxylic acids is 2. The van der Waals surface area contributed by atoms with Crippen LogP contribution in [0.15, 0.2) is 64.8 Å². The van der Waals surface area contributed by atoms with E-state index in [0.717, 1.165) is 5.57 Å². The fraction of sp³-hybridized carbons (Fsp3) is 0.118. The fourth-order valence-corrected chi connectivity index (χ4v) is 2.64. The number of amides is 2. The molecule has 2 amide bonds. The molecule has 0 saturated heterocycles. The summed E-state index contributed by atoms with van der Waals surface area (Å²) in [6, 6.07) is 5.65. The third-order valence-corrected chi connectivity index (χ3v) is 3.78. The van der Waals surface area contributed by atoms with Gasteiger partial charge < -0.3 is 5.32 Å². The van der Waals surface area contributed by atoms with Gasteiger partial charge >= 0.3 is 0 Å². The van der Waals surface area contributed by atoms with Gasteiger partial charge in [0.2, 0.25) is 5.91 Å². The summed E-state index contributed by atoms with van der Waals surface area (Å²) in [5.74, 6) is -0.982. The summed E-state index contributed by atoms with van der Waals surface area (Å²) in [7, 11) is 0. The SMILES string of the molecule is CC1=CC(=O)NC2=CC(=NC(=O)c3ccccc3[N+](=O)[O-])C=CC12. The van der Waals surface area contributed by atoms with Crippen LogP contribution < -0.4 is 5.32 Å². The summed E-state index contributed by atoms with van der Waals surface area (Å²) in [6.07, 6.45) is 6.61. The van der Waals surface area contributed by atoms with Crippen molar-refractivity contribution in [3.8, 4) is 0 Å². The highest BCUT2D eigenvalue weighted by atomic mass is 16.6. The highest BCUT2D eigenvalue weighted by molar-refractivity contribution is 6.14. The molecule has 1 aliphatic carbocycles. The predicted molar refractivity (Wildman–Crippen MR) is 87.5 cm³/mol. The number of fused-ring (bicyclic) bond motifs is 1. The highest BCUT2D eigenvalue weighted by Crippen LogP contribution is 2.27. The van der Waals surface area contributed by atoms with E-state index in [4.69, 9.17) is 0 Å². The lowest BCUT2D eigenvalue weighted by atomic mass is 9.89. The molecule has 0 fully saturated rings. The number of nitro groups is 1. The average Bonchev–Trinajstić information content (AvgIpc) is 2.54. The van der Waals surface area contributed by atoms with Gasteiger partial charge in [0.05, 0.1) is 10.6 Å². The number of rotatable bonds is 2. The molecule has 0 saturated carbocycles. The number of nitrogens with one attached hydrogen (secondary N) is 1. The van der Waals surface area contributed by atoms with Crippen LogP contribution in [0.3, 0.4) is 0 Å². The molecule has 1 N–H and O–H groups in total. The molecule has 3 rings (SSSR count). The predicted octanol–water partition coefficient (Wildman–Crippen LogP) is 2.32. The van der Waals surface area contributed by atoms with Crippen LogP contribution in [-0.2, 0) is 4.79 Å². The quantitative estimate of drug-likeness (QED) is 0.666. The number of nitrogens with zero attached hydrogens (tertiary/aromatic N) is 2. The van der Waals surface area contributed by atoms with Crippen molar-refractivity contribution in [1.29, 1.82) is 0 Å². The van der Waals surface area contributed by atoms with Gasteiger partial charge in [-0.2, -0.15) is 0 Å². The zero-order valence-corrected chi connectivity index (χ0v) is 12.7. The maximum absolute atomic E-state index is 12.3. The van der Waals surface area contributed by atoms with E-state index in [9.17, 15) is 19.7 Å². The number of nitro benzene ring substituents is 1. The Morgan fingerprint density at radius 1 is 1.29 bits per heavy atom. The van der Waals surface area contributed by atoms with Crippen LogP contribution in [0, 0.1) is 16.0 Å². The lowest BCUT2D eigenvalue weighted by Gasteiger charge is -2.25. The van der Waals surface area contributed by atoms with E-state index in [0.29, 0.717) is 11.4 Å². The second-order valence-electron chi connectivity index (χ2n) is 5.43. The van der Waals surface area contributed by atoms with Gasteiger partial charge in [-0.15, -0.1) is 0 Å². The van der Waals surface area contributed by atoms with E-state index < -0.39 is 10.8 Å². The van der Waals surface area contributed by atoms with E-state index in [-0.39, 0.29) is 23.1 Å². The molecule has 1 aromatic carbocycles. The van der Waals surface area contributed by atoms with Crippen molar-refractivity contribution in [2.45, 2.75) is 6.92 Å². The van der Waals surface area contributed by atoms with Crippen molar-refractivity contribution >= 4 is 23.2 Å². The summed E-state index contributed by atoms with van der Waals surface area (Å²) in [4.78, 5) is 38.2. The smallest absolute Gasteiger partial charge is 0.284 e. The Balaban J connectivity index is 1.93. The van der Waals surface area contributed by atoms with E-state index >= 15 is 0 Å². The van der Waals surface area contributed by atoms with E-state index in [2.05, 4.69) is 10.3 Å². The minimum Gasteiger partial charge on any atom is -0.325 e. The Bertz CT molecular complexity index is 878.